The van der Waals surface area contributed by atoms with E-state index in [1.54, 1.807) is 0 Å². The highest BCUT2D eigenvalue weighted by Gasteiger charge is 2.08. The molecule has 3 N–H and O–H groups in total. The molecule has 102 valence electrons. The first-order chi connectivity index (χ1) is 8.47. The van der Waals surface area contributed by atoms with Gasteiger partial charge in [0.15, 0.2) is 0 Å². The van der Waals surface area contributed by atoms with Crippen LogP contribution < -0.4 is 16.0 Å². The molecule has 0 fully saturated rings. The van der Waals surface area contributed by atoms with Crippen LogP contribution in [-0.2, 0) is 11.3 Å². The fourth-order valence-electron chi connectivity index (χ4n) is 1.22. The highest BCUT2D eigenvalue weighted by atomic mass is 16.4. The van der Waals surface area contributed by atoms with E-state index in [1.807, 2.05) is 27.7 Å². The molecule has 0 radical (unpaired) electrons. The number of nitrogens with one attached hydrogen (secondary N) is 3. The Balaban J connectivity index is 2.33. The Hall–Kier alpha value is -1.63. The van der Waals surface area contributed by atoms with E-state index < -0.39 is 0 Å². The van der Waals surface area contributed by atoms with Crippen molar-refractivity contribution in [2.75, 3.05) is 11.9 Å². The summed E-state index contributed by atoms with van der Waals surface area (Å²) in [5, 5.41) is 16.3. The topological polar surface area (TPSA) is 92.1 Å². The molecule has 0 spiro atoms. The number of carbonyl (C=O) groups is 1. The van der Waals surface area contributed by atoms with Crippen molar-refractivity contribution in [3.05, 3.63) is 5.89 Å². The molecule has 1 heterocycles. The van der Waals surface area contributed by atoms with Crippen molar-refractivity contribution in [1.29, 1.82) is 0 Å². The second-order valence-electron chi connectivity index (χ2n) is 4.61. The molecule has 0 saturated heterocycles. The van der Waals surface area contributed by atoms with Crippen molar-refractivity contribution >= 4 is 11.9 Å². The maximum atomic E-state index is 11.4. The van der Waals surface area contributed by atoms with Gasteiger partial charge in [0, 0.05) is 12.1 Å². The second kappa shape index (κ2) is 6.95. The van der Waals surface area contributed by atoms with Crippen molar-refractivity contribution < 1.29 is 9.21 Å². The van der Waals surface area contributed by atoms with Gasteiger partial charge < -0.3 is 20.4 Å². The van der Waals surface area contributed by atoms with Crippen LogP contribution in [0.4, 0.5) is 6.01 Å². The Morgan fingerprint density at radius 3 is 2.56 bits per heavy atom. The fraction of sp³-hybridized carbons (Fsp3) is 0.727. The third-order valence-electron chi connectivity index (χ3n) is 1.98. The average molecular weight is 255 g/mol. The van der Waals surface area contributed by atoms with Crippen molar-refractivity contribution in [2.45, 2.75) is 46.3 Å². The number of amides is 1. The lowest BCUT2D eigenvalue weighted by Crippen LogP contribution is -2.34. The van der Waals surface area contributed by atoms with Gasteiger partial charge in [0.05, 0.1) is 13.1 Å². The molecular formula is C11H21N5O2. The predicted molar refractivity (Wildman–Crippen MR) is 68.0 cm³/mol. The number of aromatic nitrogens is 2. The summed E-state index contributed by atoms with van der Waals surface area (Å²) in [6.45, 7) is 8.51. The third-order valence-corrected chi connectivity index (χ3v) is 1.98. The molecule has 0 aliphatic carbocycles. The largest absolute Gasteiger partial charge is 0.407 e. The number of hydrogen-bond donors (Lipinski definition) is 3. The smallest absolute Gasteiger partial charge is 0.315 e. The molecule has 1 amide bonds. The van der Waals surface area contributed by atoms with Crippen molar-refractivity contribution in [2.24, 2.45) is 0 Å². The lowest BCUT2D eigenvalue weighted by atomic mass is 10.4. The highest BCUT2D eigenvalue weighted by Crippen LogP contribution is 2.04. The number of hydrogen-bond acceptors (Lipinski definition) is 6. The Morgan fingerprint density at radius 2 is 1.94 bits per heavy atom. The Morgan fingerprint density at radius 1 is 1.22 bits per heavy atom. The molecule has 0 aliphatic rings. The molecule has 0 atom stereocenters. The molecule has 7 nitrogen and oxygen atoms in total. The van der Waals surface area contributed by atoms with Crippen LogP contribution in [0.15, 0.2) is 4.42 Å². The van der Waals surface area contributed by atoms with Crippen LogP contribution in [0.25, 0.3) is 0 Å². The summed E-state index contributed by atoms with van der Waals surface area (Å²) < 4.78 is 5.31. The van der Waals surface area contributed by atoms with E-state index in [2.05, 4.69) is 26.1 Å². The first-order valence-corrected chi connectivity index (χ1v) is 6.06. The molecule has 1 rings (SSSR count). The standard InChI is InChI=1S/C11H21N5O2/c1-7(2)12-6-10-15-16-11(18-10)13-5-9(17)14-8(3)4/h7-8,12H,5-6H2,1-4H3,(H,13,16)(H,14,17). The molecule has 0 saturated carbocycles. The van der Waals surface area contributed by atoms with Gasteiger partial charge in [-0.05, 0) is 13.8 Å². The molecule has 0 unspecified atom stereocenters. The number of anilines is 1. The van der Waals surface area contributed by atoms with Crippen LogP contribution in [0, 0.1) is 0 Å². The SMILES string of the molecule is CC(C)NCc1nnc(NCC(=O)NC(C)C)o1. The zero-order valence-electron chi connectivity index (χ0n) is 11.3. The van der Waals surface area contributed by atoms with E-state index in [4.69, 9.17) is 4.42 Å². The maximum Gasteiger partial charge on any atom is 0.315 e. The molecule has 0 aliphatic heterocycles. The van der Waals surface area contributed by atoms with E-state index in [0.29, 0.717) is 18.5 Å². The molecule has 0 aromatic carbocycles. The lowest BCUT2D eigenvalue weighted by molar-refractivity contribution is -0.119. The number of nitrogens with zero attached hydrogens (tertiary/aromatic N) is 2. The average Bonchev–Trinajstić information content (AvgIpc) is 2.70. The van der Waals surface area contributed by atoms with E-state index in [-0.39, 0.29) is 24.5 Å². The Bertz CT molecular complexity index is 375. The quantitative estimate of drug-likeness (QED) is 0.657. The lowest BCUT2D eigenvalue weighted by Gasteiger charge is -2.07. The van der Waals surface area contributed by atoms with Crippen molar-refractivity contribution in [1.82, 2.24) is 20.8 Å². The Labute approximate surface area is 107 Å². The Kier molecular flexibility index (Phi) is 5.57. The first kappa shape index (κ1) is 14.4. The molecule has 7 heteroatoms. The van der Waals surface area contributed by atoms with Gasteiger partial charge in [-0.15, -0.1) is 5.10 Å². The monoisotopic (exact) mass is 255 g/mol. The van der Waals surface area contributed by atoms with Gasteiger partial charge in [0.2, 0.25) is 11.8 Å². The van der Waals surface area contributed by atoms with Gasteiger partial charge in [-0.1, -0.05) is 18.9 Å². The maximum absolute atomic E-state index is 11.4. The molecule has 0 bridgehead atoms. The highest BCUT2D eigenvalue weighted by molar-refractivity contribution is 5.80. The number of rotatable bonds is 7. The van der Waals surface area contributed by atoms with Crippen LogP contribution in [0.1, 0.15) is 33.6 Å². The minimum Gasteiger partial charge on any atom is -0.407 e. The molecule has 1 aromatic heterocycles. The predicted octanol–water partition coefficient (Wildman–Crippen LogP) is 0.504. The van der Waals surface area contributed by atoms with Crippen LogP contribution in [-0.4, -0.2) is 34.7 Å². The van der Waals surface area contributed by atoms with E-state index in [1.165, 1.54) is 0 Å². The van der Waals surface area contributed by atoms with Crippen molar-refractivity contribution in [3.8, 4) is 0 Å². The van der Waals surface area contributed by atoms with Crippen LogP contribution in [0.5, 0.6) is 0 Å². The van der Waals surface area contributed by atoms with E-state index >= 15 is 0 Å². The fourth-order valence-corrected chi connectivity index (χ4v) is 1.22. The van der Waals surface area contributed by atoms with E-state index in [9.17, 15) is 4.79 Å². The summed E-state index contributed by atoms with van der Waals surface area (Å²) >= 11 is 0. The summed E-state index contributed by atoms with van der Waals surface area (Å²) in [6.07, 6.45) is 0. The summed E-state index contributed by atoms with van der Waals surface area (Å²) in [7, 11) is 0. The zero-order chi connectivity index (χ0) is 13.5. The second-order valence-corrected chi connectivity index (χ2v) is 4.61. The minimum absolute atomic E-state index is 0.106. The number of carbonyl (C=O) groups excluding carboxylic acids is 1. The molecular weight excluding hydrogens is 234 g/mol. The third kappa shape index (κ3) is 5.62. The van der Waals surface area contributed by atoms with Crippen LogP contribution >= 0.6 is 0 Å². The summed E-state index contributed by atoms with van der Waals surface area (Å²) in [5.41, 5.74) is 0. The van der Waals surface area contributed by atoms with Crippen LogP contribution in [0.3, 0.4) is 0 Å². The summed E-state index contributed by atoms with van der Waals surface area (Å²) in [5.74, 6) is 0.389. The molecule has 1 aromatic rings. The van der Waals surface area contributed by atoms with Gasteiger partial charge in [0.1, 0.15) is 0 Å². The minimum atomic E-state index is -0.106. The normalized spacial score (nSPS) is 11.0. The first-order valence-electron chi connectivity index (χ1n) is 6.06. The van der Waals surface area contributed by atoms with E-state index in [0.717, 1.165) is 0 Å². The van der Waals surface area contributed by atoms with Gasteiger partial charge in [-0.3, -0.25) is 4.79 Å². The summed E-state index contributed by atoms with van der Waals surface area (Å²) in [4.78, 5) is 11.4. The summed E-state index contributed by atoms with van der Waals surface area (Å²) in [6, 6.07) is 0.729. The zero-order valence-corrected chi connectivity index (χ0v) is 11.3. The van der Waals surface area contributed by atoms with Gasteiger partial charge in [-0.25, -0.2) is 0 Å². The van der Waals surface area contributed by atoms with Crippen LogP contribution in [0.2, 0.25) is 0 Å². The van der Waals surface area contributed by atoms with Crippen molar-refractivity contribution in [3.63, 3.8) is 0 Å². The van der Waals surface area contributed by atoms with Gasteiger partial charge in [0.25, 0.3) is 0 Å². The van der Waals surface area contributed by atoms with Gasteiger partial charge >= 0.3 is 6.01 Å². The molecule has 18 heavy (non-hydrogen) atoms. The van der Waals surface area contributed by atoms with Gasteiger partial charge in [-0.2, -0.15) is 0 Å².